The minimum absolute atomic E-state index is 0.251. The first-order chi connectivity index (χ1) is 14.1. The van der Waals surface area contributed by atoms with Crippen LogP contribution in [0.25, 0.3) is 33.5 Å². The number of hydrogen-bond donors (Lipinski definition) is 2. The Bertz CT molecular complexity index is 1310. The molecule has 0 saturated carbocycles. The van der Waals surface area contributed by atoms with Crippen LogP contribution in [-0.4, -0.2) is 34.9 Å². The van der Waals surface area contributed by atoms with E-state index in [4.69, 9.17) is 4.98 Å². The second-order valence-electron chi connectivity index (χ2n) is 7.02. The van der Waals surface area contributed by atoms with Gasteiger partial charge in [-0.15, -0.1) is 0 Å². The Kier molecular flexibility index (Phi) is 3.97. The van der Waals surface area contributed by atoms with Crippen molar-refractivity contribution in [1.29, 1.82) is 0 Å². The highest BCUT2D eigenvalue weighted by Gasteiger charge is 2.15. The third-order valence-corrected chi connectivity index (χ3v) is 4.94. The average molecular weight is 387 g/mol. The molecule has 5 rings (SSSR count). The first kappa shape index (κ1) is 17.3. The van der Waals surface area contributed by atoms with Gasteiger partial charge in [0.1, 0.15) is 11.3 Å². The van der Waals surface area contributed by atoms with Crippen LogP contribution in [0.15, 0.2) is 49.1 Å². The highest BCUT2D eigenvalue weighted by Crippen LogP contribution is 2.29. The summed E-state index contributed by atoms with van der Waals surface area (Å²) in [4.78, 5) is 12.5. The van der Waals surface area contributed by atoms with Gasteiger partial charge in [-0.2, -0.15) is 10.2 Å². The van der Waals surface area contributed by atoms with Gasteiger partial charge in [-0.3, -0.25) is 9.78 Å². The minimum Gasteiger partial charge on any atom is -0.344 e. The number of fused-ring (bicyclic) bond motifs is 1. The van der Waals surface area contributed by atoms with E-state index in [2.05, 4.69) is 25.3 Å². The number of nitrogens with one attached hydrogen (secondary N) is 2. The molecule has 5 aromatic rings. The lowest BCUT2D eigenvalue weighted by Crippen LogP contribution is -1.99. The van der Waals surface area contributed by atoms with Crippen molar-refractivity contribution in [3.63, 3.8) is 0 Å². The Morgan fingerprint density at radius 1 is 1.17 bits per heavy atom. The van der Waals surface area contributed by atoms with Crippen LogP contribution in [0.2, 0.25) is 0 Å². The topological polar surface area (TPSA) is 88.1 Å². The van der Waals surface area contributed by atoms with Gasteiger partial charge in [0.2, 0.25) is 0 Å². The van der Waals surface area contributed by atoms with Crippen LogP contribution in [-0.2, 0) is 6.54 Å². The van der Waals surface area contributed by atoms with Crippen LogP contribution in [0, 0.1) is 19.7 Å². The fourth-order valence-corrected chi connectivity index (χ4v) is 3.57. The molecule has 4 aromatic heterocycles. The molecule has 0 radical (unpaired) electrons. The van der Waals surface area contributed by atoms with Crippen LogP contribution < -0.4 is 0 Å². The maximum absolute atomic E-state index is 13.4. The number of H-pyrrole nitrogens is 2. The number of nitrogens with zero attached hydrogens (tertiary/aromatic N) is 5. The van der Waals surface area contributed by atoms with E-state index in [1.165, 1.54) is 12.1 Å². The molecule has 0 fully saturated rings. The molecule has 0 unspecified atom stereocenters. The van der Waals surface area contributed by atoms with Crippen molar-refractivity contribution >= 4 is 11.2 Å². The van der Waals surface area contributed by atoms with E-state index in [0.717, 1.165) is 44.9 Å². The SMILES string of the molecule is Cc1n[nH]c(C)c1-c1cnc2[nH]cc(-c3cnn(Cc4cccc(F)c4)c3)c2n1. The lowest BCUT2D eigenvalue weighted by molar-refractivity contribution is 0.619. The van der Waals surface area contributed by atoms with Crippen molar-refractivity contribution < 1.29 is 4.39 Å². The maximum atomic E-state index is 13.4. The summed E-state index contributed by atoms with van der Waals surface area (Å²) < 4.78 is 15.2. The van der Waals surface area contributed by atoms with Gasteiger partial charge >= 0.3 is 0 Å². The highest BCUT2D eigenvalue weighted by molar-refractivity contribution is 5.91. The van der Waals surface area contributed by atoms with E-state index in [0.29, 0.717) is 12.2 Å². The molecule has 0 aliphatic heterocycles. The van der Waals surface area contributed by atoms with E-state index in [1.807, 2.05) is 32.3 Å². The Hall–Kier alpha value is -3.81. The van der Waals surface area contributed by atoms with Crippen molar-refractivity contribution in [3.05, 3.63) is 71.8 Å². The van der Waals surface area contributed by atoms with Crippen LogP contribution in [0.5, 0.6) is 0 Å². The summed E-state index contributed by atoms with van der Waals surface area (Å²) in [6.45, 7) is 4.40. The number of aromatic amines is 2. The summed E-state index contributed by atoms with van der Waals surface area (Å²) in [6.07, 6.45) is 7.34. The minimum atomic E-state index is -0.251. The summed E-state index contributed by atoms with van der Waals surface area (Å²) >= 11 is 0. The molecule has 2 N–H and O–H groups in total. The number of rotatable bonds is 4. The summed E-state index contributed by atoms with van der Waals surface area (Å²) in [7, 11) is 0. The van der Waals surface area contributed by atoms with E-state index in [9.17, 15) is 4.39 Å². The largest absolute Gasteiger partial charge is 0.344 e. The van der Waals surface area contributed by atoms with Crippen molar-refractivity contribution in [2.75, 3.05) is 0 Å². The third kappa shape index (κ3) is 3.08. The summed E-state index contributed by atoms with van der Waals surface area (Å²) in [5.41, 5.74) is 7.74. The predicted molar refractivity (Wildman–Crippen MR) is 108 cm³/mol. The average Bonchev–Trinajstić information content (AvgIpc) is 3.40. The second kappa shape index (κ2) is 6.66. The monoisotopic (exact) mass is 387 g/mol. The van der Waals surface area contributed by atoms with Gasteiger partial charge in [-0.1, -0.05) is 12.1 Å². The van der Waals surface area contributed by atoms with Crippen LogP contribution in [0.1, 0.15) is 17.0 Å². The molecule has 0 bridgehead atoms. The van der Waals surface area contributed by atoms with Crippen molar-refractivity contribution in [1.82, 2.24) is 34.9 Å². The van der Waals surface area contributed by atoms with Gasteiger partial charge in [0.15, 0.2) is 5.65 Å². The molecule has 0 spiro atoms. The number of hydrogen-bond acceptors (Lipinski definition) is 4. The number of aromatic nitrogens is 7. The van der Waals surface area contributed by atoms with E-state index >= 15 is 0 Å². The number of benzene rings is 1. The van der Waals surface area contributed by atoms with Crippen molar-refractivity contribution in [2.45, 2.75) is 20.4 Å². The zero-order chi connectivity index (χ0) is 20.0. The van der Waals surface area contributed by atoms with Crippen LogP contribution in [0.4, 0.5) is 4.39 Å². The molecule has 29 heavy (non-hydrogen) atoms. The smallest absolute Gasteiger partial charge is 0.156 e. The summed E-state index contributed by atoms with van der Waals surface area (Å²) in [5.74, 6) is -0.251. The molecule has 4 heterocycles. The van der Waals surface area contributed by atoms with Crippen molar-refractivity contribution in [3.8, 4) is 22.4 Å². The van der Waals surface area contributed by atoms with Gasteiger partial charge in [-0.25, -0.2) is 14.4 Å². The van der Waals surface area contributed by atoms with Gasteiger partial charge < -0.3 is 4.98 Å². The van der Waals surface area contributed by atoms with Gasteiger partial charge in [0.25, 0.3) is 0 Å². The quantitative estimate of drug-likeness (QED) is 0.488. The van der Waals surface area contributed by atoms with Gasteiger partial charge in [0.05, 0.1) is 30.3 Å². The van der Waals surface area contributed by atoms with E-state index in [1.54, 1.807) is 23.1 Å². The molecular weight excluding hydrogens is 369 g/mol. The fraction of sp³-hybridized carbons (Fsp3) is 0.143. The molecular formula is C21H18FN7. The molecule has 0 saturated heterocycles. The Balaban J connectivity index is 1.52. The molecule has 8 heteroatoms. The van der Waals surface area contributed by atoms with Crippen LogP contribution >= 0.6 is 0 Å². The lowest BCUT2D eigenvalue weighted by atomic mass is 10.1. The molecule has 7 nitrogen and oxygen atoms in total. The molecule has 0 amide bonds. The Morgan fingerprint density at radius 2 is 2.07 bits per heavy atom. The first-order valence-corrected chi connectivity index (χ1v) is 9.22. The fourth-order valence-electron chi connectivity index (χ4n) is 3.57. The van der Waals surface area contributed by atoms with Crippen LogP contribution in [0.3, 0.4) is 0 Å². The molecule has 0 aliphatic rings. The highest BCUT2D eigenvalue weighted by atomic mass is 19.1. The van der Waals surface area contributed by atoms with E-state index in [-0.39, 0.29) is 5.82 Å². The normalized spacial score (nSPS) is 11.4. The molecule has 0 aliphatic carbocycles. The predicted octanol–water partition coefficient (Wildman–Crippen LogP) is 4.02. The standard InChI is InChI=1S/C21H18FN7/c1-12-19(13(2)28-27-12)18-9-24-21-20(26-18)17(8-23-21)15-7-25-29(11-15)10-14-4-3-5-16(22)6-14/h3-9,11H,10H2,1-2H3,(H,23,24)(H,27,28). The van der Waals surface area contributed by atoms with Gasteiger partial charge in [-0.05, 0) is 31.5 Å². The zero-order valence-electron chi connectivity index (χ0n) is 15.9. The third-order valence-electron chi connectivity index (χ3n) is 4.94. The molecule has 1 aromatic carbocycles. The Labute approximate surface area is 165 Å². The number of halogens is 1. The lowest BCUT2D eigenvalue weighted by Gasteiger charge is -2.02. The molecule has 144 valence electrons. The maximum Gasteiger partial charge on any atom is 0.156 e. The molecule has 0 atom stereocenters. The zero-order valence-corrected chi connectivity index (χ0v) is 15.9. The summed E-state index contributed by atoms with van der Waals surface area (Å²) in [6, 6.07) is 6.53. The first-order valence-electron chi connectivity index (χ1n) is 9.22. The number of aryl methyl sites for hydroxylation is 2. The summed E-state index contributed by atoms with van der Waals surface area (Å²) in [5, 5.41) is 11.7. The second-order valence-corrected chi connectivity index (χ2v) is 7.02. The van der Waals surface area contributed by atoms with Gasteiger partial charge in [0, 0.05) is 34.8 Å². The Morgan fingerprint density at radius 3 is 2.86 bits per heavy atom. The van der Waals surface area contributed by atoms with E-state index < -0.39 is 0 Å². The van der Waals surface area contributed by atoms with Crippen molar-refractivity contribution in [2.24, 2.45) is 0 Å².